The van der Waals surface area contributed by atoms with Crippen molar-refractivity contribution in [3.8, 4) is 11.8 Å². The molecule has 1 unspecified atom stereocenters. The Morgan fingerprint density at radius 1 is 1.55 bits per heavy atom. The number of nitrogens with one attached hydrogen (secondary N) is 1. The molecule has 0 spiro atoms. The van der Waals surface area contributed by atoms with E-state index >= 15 is 0 Å². The molecule has 0 bridgehead atoms. The van der Waals surface area contributed by atoms with Gasteiger partial charge in [0, 0.05) is 18.1 Å². The van der Waals surface area contributed by atoms with E-state index in [0.717, 1.165) is 24.5 Å². The number of carbonyl (C=O) groups is 1. The number of carbonyl (C=O) groups excluding carboxylic acids is 1. The highest BCUT2D eigenvalue weighted by atomic mass is 32.1. The van der Waals surface area contributed by atoms with Crippen LogP contribution in [0.3, 0.4) is 0 Å². The Labute approximate surface area is 131 Å². The zero-order chi connectivity index (χ0) is 15.4. The van der Waals surface area contributed by atoms with Crippen LogP contribution in [-0.2, 0) is 4.74 Å². The maximum absolute atomic E-state index is 12.0. The van der Waals surface area contributed by atoms with E-state index in [1.807, 2.05) is 6.07 Å². The molecule has 0 aliphatic carbocycles. The summed E-state index contributed by atoms with van der Waals surface area (Å²) in [6.45, 7) is 0.740. The second-order valence-corrected chi connectivity index (χ2v) is 5.64. The average molecular weight is 315 g/mol. The molecule has 0 radical (unpaired) electrons. The predicted octanol–water partition coefficient (Wildman–Crippen LogP) is 2.59. The van der Waals surface area contributed by atoms with Gasteiger partial charge in [-0.1, -0.05) is 6.07 Å². The molecule has 1 N–H and O–H groups in total. The number of hydrogen-bond donors (Lipinski definition) is 1. The van der Waals surface area contributed by atoms with Crippen molar-refractivity contribution < 1.29 is 14.4 Å². The Kier molecular flexibility index (Phi) is 4.32. The first kappa shape index (κ1) is 14.5. The minimum Gasteiger partial charge on any atom is -0.379 e. The van der Waals surface area contributed by atoms with E-state index in [9.17, 15) is 4.79 Å². The SMILES string of the molecule is N#Cc1cccc(ONC(=O)c2csc(C3CCCO3)n2)c1. The topological polar surface area (TPSA) is 84.2 Å². The van der Waals surface area contributed by atoms with E-state index in [2.05, 4.69) is 10.5 Å². The van der Waals surface area contributed by atoms with Crippen LogP contribution in [0.4, 0.5) is 0 Å². The molecule has 2 aromatic rings. The number of aromatic nitrogens is 1. The van der Waals surface area contributed by atoms with Gasteiger partial charge in [0.1, 0.15) is 16.8 Å². The van der Waals surface area contributed by atoms with Crippen LogP contribution in [0.15, 0.2) is 29.6 Å². The molecule has 1 aromatic carbocycles. The second kappa shape index (κ2) is 6.56. The largest absolute Gasteiger partial charge is 0.379 e. The Morgan fingerprint density at radius 3 is 3.23 bits per heavy atom. The smallest absolute Gasteiger partial charge is 0.303 e. The molecule has 1 fully saturated rings. The van der Waals surface area contributed by atoms with Crippen LogP contribution in [0.25, 0.3) is 0 Å². The number of hydroxylamine groups is 1. The van der Waals surface area contributed by atoms with Gasteiger partial charge in [0.05, 0.1) is 11.6 Å². The molecule has 3 rings (SSSR count). The summed E-state index contributed by atoms with van der Waals surface area (Å²) in [6.07, 6.45) is 1.95. The predicted molar refractivity (Wildman–Crippen MR) is 79.3 cm³/mol. The standard InChI is InChI=1S/C15H13N3O3S/c16-8-10-3-1-4-11(7-10)21-18-14(19)12-9-22-15(17-12)13-5-2-6-20-13/h1,3-4,7,9,13H,2,5-6H2,(H,18,19). The zero-order valence-corrected chi connectivity index (χ0v) is 12.4. The molecule has 1 atom stereocenters. The summed E-state index contributed by atoms with van der Waals surface area (Å²) in [5.41, 5.74) is 3.08. The third-order valence-electron chi connectivity index (χ3n) is 3.18. The molecular weight excluding hydrogens is 302 g/mol. The Balaban J connectivity index is 1.61. The molecule has 7 heteroatoms. The molecule has 1 aromatic heterocycles. The van der Waals surface area contributed by atoms with Gasteiger partial charge in [0.25, 0.3) is 0 Å². The second-order valence-electron chi connectivity index (χ2n) is 4.75. The van der Waals surface area contributed by atoms with Crippen LogP contribution in [0, 0.1) is 11.3 Å². The van der Waals surface area contributed by atoms with Gasteiger partial charge >= 0.3 is 5.91 Å². The normalized spacial score (nSPS) is 17.0. The number of ether oxygens (including phenoxy) is 1. The van der Waals surface area contributed by atoms with Crippen molar-refractivity contribution in [1.29, 1.82) is 5.26 Å². The summed E-state index contributed by atoms with van der Waals surface area (Å²) in [6, 6.07) is 8.53. The number of rotatable bonds is 4. The lowest BCUT2D eigenvalue weighted by Gasteiger charge is -2.06. The molecule has 1 aliphatic heterocycles. The van der Waals surface area contributed by atoms with E-state index in [1.165, 1.54) is 11.3 Å². The highest BCUT2D eigenvalue weighted by Gasteiger charge is 2.22. The van der Waals surface area contributed by atoms with E-state index < -0.39 is 5.91 Å². The van der Waals surface area contributed by atoms with E-state index in [0.29, 0.717) is 17.0 Å². The Hall–Kier alpha value is -2.43. The van der Waals surface area contributed by atoms with Gasteiger partial charge in [-0.15, -0.1) is 11.3 Å². The van der Waals surface area contributed by atoms with Crippen molar-refractivity contribution in [2.75, 3.05) is 6.61 Å². The van der Waals surface area contributed by atoms with Crippen molar-refractivity contribution in [1.82, 2.24) is 10.5 Å². The fourth-order valence-corrected chi connectivity index (χ4v) is 2.98. The molecule has 1 aliphatic rings. The quantitative estimate of drug-likeness (QED) is 0.877. The van der Waals surface area contributed by atoms with E-state index in [4.69, 9.17) is 14.8 Å². The average Bonchev–Trinajstić information content (AvgIpc) is 3.23. The van der Waals surface area contributed by atoms with E-state index in [-0.39, 0.29) is 6.10 Å². The first-order chi connectivity index (χ1) is 10.8. The zero-order valence-electron chi connectivity index (χ0n) is 11.6. The van der Waals surface area contributed by atoms with Gasteiger partial charge in [0.2, 0.25) is 0 Å². The lowest BCUT2D eigenvalue weighted by Crippen LogP contribution is -2.27. The van der Waals surface area contributed by atoms with Crippen LogP contribution >= 0.6 is 11.3 Å². The van der Waals surface area contributed by atoms with Gasteiger partial charge in [0.15, 0.2) is 5.75 Å². The monoisotopic (exact) mass is 315 g/mol. The fraction of sp³-hybridized carbons (Fsp3) is 0.267. The maximum atomic E-state index is 12.0. The van der Waals surface area contributed by atoms with Crippen LogP contribution in [0.2, 0.25) is 0 Å². The number of benzene rings is 1. The van der Waals surface area contributed by atoms with Gasteiger partial charge in [-0.25, -0.2) is 4.98 Å². The van der Waals surface area contributed by atoms with Gasteiger partial charge in [-0.3, -0.25) is 4.79 Å². The molecule has 1 saturated heterocycles. The number of nitrogens with zero attached hydrogens (tertiary/aromatic N) is 2. The number of nitriles is 1. The van der Waals surface area contributed by atoms with Crippen LogP contribution in [-0.4, -0.2) is 17.5 Å². The van der Waals surface area contributed by atoms with Crippen molar-refractivity contribution in [2.24, 2.45) is 0 Å². The summed E-state index contributed by atoms with van der Waals surface area (Å²) in [4.78, 5) is 21.5. The molecule has 6 nitrogen and oxygen atoms in total. The number of amides is 1. The first-order valence-electron chi connectivity index (χ1n) is 6.80. The maximum Gasteiger partial charge on any atom is 0.303 e. The minimum atomic E-state index is -0.428. The van der Waals surface area contributed by atoms with Gasteiger partial charge in [-0.05, 0) is 25.0 Å². The Bertz CT molecular complexity index is 717. The lowest BCUT2D eigenvalue weighted by atomic mass is 10.2. The van der Waals surface area contributed by atoms with Crippen LogP contribution in [0.1, 0.15) is 40.0 Å². The van der Waals surface area contributed by atoms with Crippen molar-refractivity contribution in [3.63, 3.8) is 0 Å². The third-order valence-corrected chi connectivity index (χ3v) is 4.12. The van der Waals surface area contributed by atoms with Crippen molar-refractivity contribution in [2.45, 2.75) is 18.9 Å². The highest BCUT2D eigenvalue weighted by Crippen LogP contribution is 2.30. The fourth-order valence-electron chi connectivity index (χ4n) is 2.10. The summed E-state index contributed by atoms with van der Waals surface area (Å²) in [7, 11) is 0. The summed E-state index contributed by atoms with van der Waals surface area (Å²) in [5.74, 6) is -0.0372. The molecule has 112 valence electrons. The lowest BCUT2D eigenvalue weighted by molar-refractivity contribution is 0.0753. The number of hydrogen-bond acceptors (Lipinski definition) is 6. The van der Waals surface area contributed by atoms with Crippen LogP contribution in [0.5, 0.6) is 5.75 Å². The molecule has 1 amide bonds. The van der Waals surface area contributed by atoms with Gasteiger partial charge < -0.3 is 9.57 Å². The highest BCUT2D eigenvalue weighted by molar-refractivity contribution is 7.09. The summed E-state index contributed by atoms with van der Waals surface area (Å²) >= 11 is 1.41. The molecule has 0 saturated carbocycles. The Morgan fingerprint density at radius 2 is 2.45 bits per heavy atom. The summed E-state index contributed by atoms with van der Waals surface area (Å²) < 4.78 is 5.54. The molecular formula is C15H13N3O3S. The first-order valence-corrected chi connectivity index (χ1v) is 7.68. The molecule has 2 heterocycles. The van der Waals surface area contributed by atoms with Crippen molar-refractivity contribution in [3.05, 3.63) is 45.9 Å². The third kappa shape index (κ3) is 3.24. The summed E-state index contributed by atoms with van der Waals surface area (Å²) in [5, 5.41) is 11.3. The number of thiazole rings is 1. The van der Waals surface area contributed by atoms with Crippen molar-refractivity contribution >= 4 is 17.2 Å². The minimum absolute atomic E-state index is 0.000205. The van der Waals surface area contributed by atoms with Crippen LogP contribution < -0.4 is 10.3 Å². The molecule has 22 heavy (non-hydrogen) atoms. The van der Waals surface area contributed by atoms with E-state index in [1.54, 1.807) is 29.6 Å². The van der Waals surface area contributed by atoms with Gasteiger partial charge in [-0.2, -0.15) is 10.7 Å².